The summed E-state index contributed by atoms with van der Waals surface area (Å²) in [6.45, 7) is 4.14. The number of rotatable bonds is 4. The van der Waals surface area contributed by atoms with E-state index < -0.39 is 0 Å². The van der Waals surface area contributed by atoms with E-state index >= 15 is 0 Å². The Balaban J connectivity index is 2.46. The lowest BCUT2D eigenvalue weighted by Gasteiger charge is -2.17. The first-order chi connectivity index (χ1) is 9.06. The maximum atomic E-state index is 6.23. The molecule has 1 atom stereocenters. The fraction of sp³-hybridized carbons (Fsp3) is 0.400. The quantitative estimate of drug-likeness (QED) is 0.930. The predicted molar refractivity (Wildman–Crippen MR) is 79.7 cm³/mol. The molecule has 0 bridgehead atoms. The molecule has 1 heterocycles. The Labute approximate surface area is 119 Å². The third kappa shape index (κ3) is 2.82. The normalized spacial score (nSPS) is 12.7. The van der Waals surface area contributed by atoms with Crippen molar-refractivity contribution in [3.8, 4) is 0 Å². The van der Waals surface area contributed by atoms with Crippen LogP contribution in [0.15, 0.2) is 24.4 Å². The molecule has 1 N–H and O–H groups in total. The van der Waals surface area contributed by atoms with Crippen molar-refractivity contribution in [1.29, 1.82) is 0 Å². The van der Waals surface area contributed by atoms with E-state index in [1.54, 1.807) is 0 Å². The summed E-state index contributed by atoms with van der Waals surface area (Å²) in [5.41, 5.74) is 4.61. The minimum atomic E-state index is 0.127. The Morgan fingerprint density at radius 1 is 1.42 bits per heavy atom. The zero-order valence-corrected chi connectivity index (χ0v) is 12.6. The predicted octanol–water partition coefficient (Wildman–Crippen LogP) is 3.25. The van der Waals surface area contributed by atoms with Crippen molar-refractivity contribution < 1.29 is 0 Å². The minimum absolute atomic E-state index is 0.127. The monoisotopic (exact) mass is 277 g/mol. The number of aromatic nitrogens is 2. The van der Waals surface area contributed by atoms with Crippen LogP contribution in [0.25, 0.3) is 0 Å². The van der Waals surface area contributed by atoms with E-state index in [-0.39, 0.29) is 6.04 Å². The summed E-state index contributed by atoms with van der Waals surface area (Å²) in [6.07, 6.45) is 3.00. The molecule has 0 radical (unpaired) electrons. The average molecular weight is 278 g/mol. The highest BCUT2D eigenvalue weighted by Gasteiger charge is 2.18. The summed E-state index contributed by atoms with van der Waals surface area (Å²) in [4.78, 5) is 0. The molecular weight excluding hydrogens is 258 g/mol. The van der Waals surface area contributed by atoms with Crippen LogP contribution >= 0.6 is 11.6 Å². The van der Waals surface area contributed by atoms with Crippen molar-refractivity contribution >= 4 is 11.6 Å². The van der Waals surface area contributed by atoms with Crippen molar-refractivity contribution in [3.63, 3.8) is 0 Å². The van der Waals surface area contributed by atoms with Gasteiger partial charge in [0.05, 0.1) is 11.7 Å². The fourth-order valence-electron chi connectivity index (χ4n) is 2.36. The van der Waals surface area contributed by atoms with Gasteiger partial charge in [-0.1, -0.05) is 30.7 Å². The van der Waals surface area contributed by atoms with Gasteiger partial charge in [0.1, 0.15) is 0 Å². The molecule has 0 fully saturated rings. The van der Waals surface area contributed by atoms with Gasteiger partial charge in [0.25, 0.3) is 0 Å². The molecule has 0 aliphatic heterocycles. The second kappa shape index (κ2) is 5.76. The molecule has 2 rings (SSSR count). The highest BCUT2D eigenvalue weighted by atomic mass is 35.5. The van der Waals surface area contributed by atoms with Crippen LogP contribution in [-0.4, -0.2) is 16.8 Å². The second-order valence-corrected chi connectivity index (χ2v) is 5.20. The molecular formula is C15H20ClN3. The van der Waals surface area contributed by atoms with Crippen LogP contribution in [0.5, 0.6) is 0 Å². The summed E-state index contributed by atoms with van der Waals surface area (Å²) < 4.78 is 1.87. The van der Waals surface area contributed by atoms with Gasteiger partial charge in [0, 0.05) is 23.8 Å². The lowest BCUT2D eigenvalue weighted by molar-refractivity contribution is 0.683. The smallest absolute Gasteiger partial charge is 0.0673 e. The van der Waals surface area contributed by atoms with Crippen molar-refractivity contribution in [2.75, 3.05) is 7.05 Å². The zero-order chi connectivity index (χ0) is 14.0. The lowest BCUT2D eigenvalue weighted by Crippen LogP contribution is -2.18. The molecule has 102 valence electrons. The number of hydrogen-bond acceptors (Lipinski definition) is 2. The van der Waals surface area contributed by atoms with Gasteiger partial charge >= 0.3 is 0 Å². The number of halogens is 1. The minimum Gasteiger partial charge on any atom is -0.309 e. The van der Waals surface area contributed by atoms with Crippen molar-refractivity contribution in [3.05, 3.63) is 51.8 Å². The molecule has 1 aromatic heterocycles. The maximum absolute atomic E-state index is 6.23. The first-order valence-corrected chi connectivity index (χ1v) is 6.90. The second-order valence-electron chi connectivity index (χ2n) is 4.79. The van der Waals surface area contributed by atoms with Crippen LogP contribution in [0.4, 0.5) is 0 Å². The van der Waals surface area contributed by atoms with Gasteiger partial charge in [-0.25, -0.2) is 0 Å². The molecule has 0 aliphatic carbocycles. The average Bonchev–Trinajstić information content (AvgIpc) is 2.76. The highest BCUT2D eigenvalue weighted by molar-refractivity contribution is 6.31. The maximum Gasteiger partial charge on any atom is 0.0673 e. The lowest BCUT2D eigenvalue weighted by atomic mass is 9.97. The largest absolute Gasteiger partial charge is 0.309 e. The van der Waals surface area contributed by atoms with Gasteiger partial charge in [-0.05, 0) is 37.6 Å². The molecule has 0 amide bonds. The standard InChI is InChI=1S/C15H20ClN3/c1-5-14-12(9-19(4)18-14)15(17-3)11-7-6-10(2)13(16)8-11/h6-9,15,17H,5H2,1-4H3. The molecule has 3 nitrogen and oxygen atoms in total. The third-order valence-corrected chi connectivity index (χ3v) is 3.81. The van der Waals surface area contributed by atoms with E-state index in [4.69, 9.17) is 11.6 Å². The van der Waals surface area contributed by atoms with Gasteiger partial charge in [-0.15, -0.1) is 0 Å². The van der Waals surface area contributed by atoms with Gasteiger partial charge in [-0.3, -0.25) is 4.68 Å². The Hall–Kier alpha value is -1.32. The first kappa shape index (κ1) is 14.1. The summed E-state index contributed by atoms with van der Waals surface area (Å²) >= 11 is 6.23. The Kier molecular flexibility index (Phi) is 4.27. The number of nitrogens with zero attached hydrogens (tertiary/aromatic N) is 2. The van der Waals surface area contributed by atoms with E-state index in [0.717, 1.165) is 22.7 Å². The van der Waals surface area contributed by atoms with E-state index in [9.17, 15) is 0 Å². The van der Waals surface area contributed by atoms with E-state index in [1.165, 1.54) is 11.1 Å². The molecule has 0 spiro atoms. The van der Waals surface area contributed by atoms with Crippen LogP contribution in [-0.2, 0) is 13.5 Å². The van der Waals surface area contributed by atoms with E-state index in [2.05, 4.69) is 35.7 Å². The fourth-order valence-corrected chi connectivity index (χ4v) is 2.55. The highest BCUT2D eigenvalue weighted by Crippen LogP contribution is 2.27. The van der Waals surface area contributed by atoms with E-state index in [0.29, 0.717) is 0 Å². The van der Waals surface area contributed by atoms with Crippen LogP contribution in [0.3, 0.4) is 0 Å². The van der Waals surface area contributed by atoms with Crippen LogP contribution < -0.4 is 5.32 Å². The zero-order valence-electron chi connectivity index (χ0n) is 11.9. The summed E-state index contributed by atoms with van der Waals surface area (Å²) in [6, 6.07) is 6.34. The van der Waals surface area contributed by atoms with Gasteiger partial charge in [0.15, 0.2) is 0 Å². The molecule has 4 heteroatoms. The van der Waals surface area contributed by atoms with Crippen LogP contribution in [0.2, 0.25) is 5.02 Å². The number of hydrogen-bond donors (Lipinski definition) is 1. The number of aryl methyl sites for hydroxylation is 3. The Morgan fingerprint density at radius 3 is 2.74 bits per heavy atom. The van der Waals surface area contributed by atoms with Crippen molar-refractivity contribution in [2.45, 2.75) is 26.3 Å². The molecule has 0 saturated heterocycles. The summed E-state index contributed by atoms with van der Waals surface area (Å²) in [5.74, 6) is 0. The molecule has 19 heavy (non-hydrogen) atoms. The topological polar surface area (TPSA) is 29.9 Å². The van der Waals surface area contributed by atoms with E-state index in [1.807, 2.05) is 31.8 Å². The third-order valence-electron chi connectivity index (χ3n) is 3.40. The summed E-state index contributed by atoms with van der Waals surface area (Å²) in [7, 11) is 3.92. The number of nitrogens with one attached hydrogen (secondary N) is 1. The Bertz CT molecular complexity index is 575. The Morgan fingerprint density at radius 2 is 2.16 bits per heavy atom. The molecule has 2 aromatic rings. The van der Waals surface area contributed by atoms with Gasteiger partial charge in [-0.2, -0.15) is 5.10 Å². The molecule has 1 unspecified atom stereocenters. The molecule has 1 aromatic carbocycles. The van der Waals surface area contributed by atoms with Crippen molar-refractivity contribution in [1.82, 2.24) is 15.1 Å². The van der Waals surface area contributed by atoms with Crippen LogP contribution in [0, 0.1) is 6.92 Å². The molecule has 0 aliphatic rings. The number of benzene rings is 1. The SMILES string of the molecule is CCc1nn(C)cc1C(NC)c1ccc(C)c(Cl)c1. The summed E-state index contributed by atoms with van der Waals surface area (Å²) in [5, 5.41) is 8.67. The first-order valence-electron chi connectivity index (χ1n) is 6.52. The van der Waals surface area contributed by atoms with Crippen molar-refractivity contribution in [2.24, 2.45) is 7.05 Å². The van der Waals surface area contributed by atoms with Gasteiger partial charge < -0.3 is 5.32 Å². The van der Waals surface area contributed by atoms with Crippen LogP contribution in [0.1, 0.15) is 35.3 Å². The van der Waals surface area contributed by atoms with Gasteiger partial charge in [0.2, 0.25) is 0 Å². The molecule has 0 saturated carbocycles.